The topological polar surface area (TPSA) is 77.0 Å². The van der Waals surface area contributed by atoms with Crippen molar-refractivity contribution in [3.63, 3.8) is 0 Å². The largest absolute Gasteiger partial charge is 0.396 e. The first-order chi connectivity index (χ1) is 8.74. The van der Waals surface area contributed by atoms with Crippen LogP contribution in [0.3, 0.4) is 0 Å². The number of nitrogens with two attached hydrogens (primary N) is 1. The minimum absolute atomic E-state index is 0.117. The monoisotopic (exact) mass is 268 g/mol. The third-order valence-corrected chi connectivity index (χ3v) is 3.34. The number of hydrogen-bond donors (Lipinski definition) is 2. The van der Waals surface area contributed by atoms with Crippen LogP contribution in [0.4, 0.5) is 4.39 Å². The Morgan fingerprint density at radius 3 is 2.83 bits per heavy atom. The Hall–Kier alpha value is -1.60. The Labute approximate surface area is 108 Å². The van der Waals surface area contributed by atoms with Gasteiger partial charge in [-0.05, 0) is 18.6 Å². The summed E-state index contributed by atoms with van der Waals surface area (Å²) in [7, 11) is 0. The van der Waals surface area contributed by atoms with Crippen LogP contribution in [0.2, 0.25) is 0 Å². The van der Waals surface area contributed by atoms with Crippen LogP contribution in [0.1, 0.15) is 6.42 Å². The van der Waals surface area contributed by atoms with Gasteiger partial charge in [0.1, 0.15) is 5.82 Å². The van der Waals surface area contributed by atoms with Crippen molar-refractivity contribution in [3.8, 4) is 11.4 Å². The van der Waals surface area contributed by atoms with E-state index in [2.05, 4.69) is 10.2 Å². The second-order valence-electron chi connectivity index (χ2n) is 3.58. The maximum absolute atomic E-state index is 13.6. The van der Waals surface area contributed by atoms with Crippen LogP contribution in [-0.4, -0.2) is 32.3 Å². The van der Waals surface area contributed by atoms with Gasteiger partial charge in [-0.2, -0.15) is 0 Å². The molecular formula is C11H13FN4OS. The van der Waals surface area contributed by atoms with Crippen molar-refractivity contribution in [1.82, 2.24) is 14.9 Å². The number of thioether (sulfide) groups is 1. The molecule has 0 saturated heterocycles. The smallest absolute Gasteiger partial charge is 0.210 e. The number of nitrogen functional groups attached to an aromatic ring is 1. The maximum atomic E-state index is 13.6. The van der Waals surface area contributed by atoms with E-state index in [1.807, 2.05) is 0 Å². The molecule has 1 aromatic carbocycles. The number of benzene rings is 1. The summed E-state index contributed by atoms with van der Waals surface area (Å²) < 4.78 is 14.9. The molecule has 0 bridgehead atoms. The lowest BCUT2D eigenvalue weighted by Crippen LogP contribution is -2.12. The average Bonchev–Trinajstić information content (AvgIpc) is 2.72. The van der Waals surface area contributed by atoms with Gasteiger partial charge in [0.25, 0.3) is 0 Å². The molecule has 0 aliphatic carbocycles. The third-order valence-electron chi connectivity index (χ3n) is 2.31. The van der Waals surface area contributed by atoms with Gasteiger partial charge in [-0.1, -0.05) is 23.9 Å². The van der Waals surface area contributed by atoms with Crippen LogP contribution in [0.5, 0.6) is 0 Å². The summed E-state index contributed by atoms with van der Waals surface area (Å²) in [5.41, 5.74) is 0.321. The Balaban J connectivity index is 2.23. The van der Waals surface area contributed by atoms with Crippen LogP contribution in [0.25, 0.3) is 11.4 Å². The van der Waals surface area contributed by atoms with E-state index in [0.29, 0.717) is 28.7 Å². The molecule has 0 aliphatic heterocycles. The lowest BCUT2D eigenvalue weighted by Gasteiger charge is -2.03. The molecule has 5 nitrogen and oxygen atoms in total. The molecule has 1 aromatic heterocycles. The molecule has 0 fully saturated rings. The molecule has 96 valence electrons. The first-order valence-corrected chi connectivity index (χ1v) is 6.41. The highest BCUT2D eigenvalue weighted by Gasteiger charge is 2.14. The van der Waals surface area contributed by atoms with Crippen molar-refractivity contribution in [3.05, 3.63) is 30.1 Å². The van der Waals surface area contributed by atoms with Crippen LogP contribution < -0.4 is 5.84 Å². The van der Waals surface area contributed by atoms with E-state index in [1.54, 1.807) is 18.2 Å². The molecule has 2 aromatic rings. The fourth-order valence-electron chi connectivity index (χ4n) is 1.43. The highest BCUT2D eigenvalue weighted by Crippen LogP contribution is 2.23. The van der Waals surface area contributed by atoms with E-state index >= 15 is 0 Å². The third kappa shape index (κ3) is 2.62. The van der Waals surface area contributed by atoms with Gasteiger partial charge in [0.05, 0.1) is 5.56 Å². The lowest BCUT2D eigenvalue weighted by atomic mass is 10.2. The zero-order valence-corrected chi connectivity index (χ0v) is 10.4. The van der Waals surface area contributed by atoms with E-state index in [0.717, 1.165) is 0 Å². The minimum Gasteiger partial charge on any atom is -0.396 e. The molecule has 0 spiro atoms. The van der Waals surface area contributed by atoms with Gasteiger partial charge in [0.15, 0.2) is 5.82 Å². The fraction of sp³-hybridized carbons (Fsp3) is 0.273. The van der Waals surface area contributed by atoms with Gasteiger partial charge >= 0.3 is 0 Å². The van der Waals surface area contributed by atoms with Crippen LogP contribution in [-0.2, 0) is 0 Å². The van der Waals surface area contributed by atoms with E-state index in [9.17, 15) is 4.39 Å². The van der Waals surface area contributed by atoms with Crippen molar-refractivity contribution in [1.29, 1.82) is 0 Å². The molecule has 1 heterocycles. The molecular weight excluding hydrogens is 255 g/mol. The summed E-state index contributed by atoms with van der Waals surface area (Å²) in [6, 6.07) is 6.27. The molecule has 0 amide bonds. The fourth-order valence-corrected chi connectivity index (χ4v) is 2.21. The average molecular weight is 268 g/mol. The van der Waals surface area contributed by atoms with E-state index in [1.165, 1.54) is 22.5 Å². The molecule has 0 atom stereocenters. The normalized spacial score (nSPS) is 10.8. The summed E-state index contributed by atoms with van der Waals surface area (Å²) in [5, 5.41) is 17.0. The standard InChI is InChI=1S/C11H13FN4OS/c12-9-5-2-1-4-8(9)10-14-15-11(16(10)13)18-7-3-6-17/h1-2,4-5,17H,3,6-7,13H2. The second-order valence-corrected chi connectivity index (χ2v) is 4.64. The summed E-state index contributed by atoms with van der Waals surface area (Å²) in [4.78, 5) is 0. The zero-order chi connectivity index (χ0) is 13.0. The Morgan fingerprint density at radius 1 is 1.33 bits per heavy atom. The molecule has 3 N–H and O–H groups in total. The van der Waals surface area contributed by atoms with Gasteiger partial charge < -0.3 is 10.9 Å². The highest BCUT2D eigenvalue weighted by atomic mass is 32.2. The van der Waals surface area contributed by atoms with Crippen LogP contribution in [0, 0.1) is 5.82 Å². The number of halogens is 1. The van der Waals surface area contributed by atoms with Crippen molar-refractivity contribution < 1.29 is 9.50 Å². The van der Waals surface area contributed by atoms with E-state index < -0.39 is 0 Å². The minimum atomic E-state index is -0.386. The Bertz CT molecular complexity index is 532. The maximum Gasteiger partial charge on any atom is 0.210 e. The first kappa shape index (κ1) is 12.8. The SMILES string of the molecule is Nn1c(SCCCO)nnc1-c1ccccc1F. The number of rotatable bonds is 5. The van der Waals surface area contributed by atoms with Gasteiger partial charge in [0, 0.05) is 12.4 Å². The molecule has 7 heteroatoms. The summed E-state index contributed by atoms with van der Waals surface area (Å²) in [6.45, 7) is 0.117. The quantitative estimate of drug-likeness (QED) is 0.485. The molecule has 2 rings (SSSR count). The van der Waals surface area contributed by atoms with E-state index in [-0.39, 0.29) is 12.4 Å². The zero-order valence-electron chi connectivity index (χ0n) is 9.58. The van der Waals surface area contributed by atoms with Gasteiger partial charge in [-0.15, -0.1) is 10.2 Å². The highest BCUT2D eigenvalue weighted by molar-refractivity contribution is 7.99. The van der Waals surface area contributed by atoms with Crippen LogP contribution in [0.15, 0.2) is 29.4 Å². The van der Waals surface area contributed by atoms with Gasteiger partial charge in [-0.25, -0.2) is 9.07 Å². The molecule has 18 heavy (non-hydrogen) atoms. The molecule has 0 radical (unpaired) electrons. The van der Waals surface area contributed by atoms with E-state index in [4.69, 9.17) is 10.9 Å². The summed E-state index contributed by atoms with van der Waals surface area (Å²) in [5.74, 6) is 6.42. The molecule has 0 unspecified atom stereocenters. The van der Waals surface area contributed by atoms with Crippen molar-refractivity contribution in [2.24, 2.45) is 0 Å². The molecule has 0 saturated carbocycles. The van der Waals surface area contributed by atoms with Crippen molar-refractivity contribution in [2.75, 3.05) is 18.2 Å². The molecule has 0 aliphatic rings. The number of aromatic nitrogens is 3. The Morgan fingerprint density at radius 2 is 2.11 bits per heavy atom. The summed E-state index contributed by atoms with van der Waals surface area (Å²) >= 11 is 1.37. The van der Waals surface area contributed by atoms with Crippen LogP contribution >= 0.6 is 11.8 Å². The Kier molecular flexibility index (Phi) is 4.16. The van der Waals surface area contributed by atoms with Gasteiger partial charge in [0.2, 0.25) is 5.16 Å². The number of aliphatic hydroxyl groups is 1. The predicted molar refractivity (Wildman–Crippen MR) is 68.0 cm³/mol. The first-order valence-electron chi connectivity index (χ1n) is 5.43. The lowest BCUT2D eigenvalue weighted by molar-refractivity contribution is 0.296. The predicted octanol–water partition coefficient (Wildman–Crippen LogP) is 1.27. The van der Waals surface area contributed by atoms with Crippen molar-refractivity contribution >= 4 is 11.8 Å². The van der Waals surface area contributed by atoms with Gasteiger partial charge in [-0.3, -0.25) is 0 Å². The van der Waals surface area contributed by atoms with Crippen molar-refractivity contribution in [2.45, 2.75) is 11.6 Å². The number of aliphatic hydroxyl groups excluding tert-OH is 1. The number of nitrogens with zero attached hydrogens (tertiary/aromatic N) is 3. The number of hydrogen-bond acceptors (Lipinski definition) is 5. The second kappa shape index (κ2) is 5.83. The summed E-state index contributed by atoms with van der Waals surface area (Å²) in [6.07, 6.45) is 0.645.